The number of carbonyl (C=O) groups is 1. The molecular formula is C36H58N4O4S. The highest BCUT2D eigenvalue weighted by Gasteiger charge is 2.16. The molecule has 0 aliphatic carbocycles. The molecule has 1 aliphatic rings. The number of nitrogens with zero attached hydrogens (tertiary/aromatic N) is 3. The lowest BCUT2D eigenvalue weighted by molar-refractivity contribution is 0.0952. The van der Waals surface area contributed by atoms with Crippen LogP contribution in [0.25, 0.3) is 0 Å². The Kier molecular flexibility index (Phi) is 17.5. The van der Waals surface area contributed by atoms with Gasteiger partial charge in [0.1, 0.15) is 5.82 Å². The Labute approximate surface area is 273 Å². The largest absolute Gasteiger partial charge is 0.354 e. The highest BCUT2D eigenvalue weighted by atomic mass is 32.2. The van der Waals surface area contributed by atoms with Gasteiger partial charge < -0.3 is 15.1 Å². The number of hydrogen-bond acceptors (Lipinski definition) is 7. The molecule has 45 heavy (non-hydrogen) atoms. The number of piperazine rings is 1. The minimum absolute atomic E-state index is 0.0257. The molecule has 8 nitrogen and oxygen atoms in total. The second kappa shape index (κ2) is 21.3. The molecule has 3 rings (SSSR count). The van der Waals surface area contributed by atoms with Gasteiger partial charge in [0.05, 0.1) is 17.1 Å². The highest BCUT2D eigenvalue weighted by Crippen LogP contribution is 2.17. The lowest BCUT2D eigenvalue weighted by Gasteiger charge is -2.33. The van der Waals surface area contributed by atoms with E-state index in [-0.39, 0.29) is 17.4 Å². The predicted molar refractivity (Wildman–Crippen MR) is 184 cm³/mol. The van der Waals surface area contributed by atoms with Crippen LogP contribution >= 0.6 is 0 Å². The van der Waals surface area contributed by atoms with E-state index in [1.54, 1.807) is 30.5 Å². The first-order valence-electron chi connectivity index (χ1n) is 17.5. The number of hydrogen-bond donors (Lipinski definition) is 1. The molecule has 2 aromatic rings. The van der Waals surface area contributed by atoms with Crippen LogP contribution in [0.3, 0.4) is 0 Å². The average Bonchev–Trinajstić information content (AvgIpc) is 3.04. The molecule has 0 atom stereocenters. The van der Waals surface area contributed by atoms with Crippen LogP contribution in [-0.2, 0) is 14.3 Å². The second-order valence-corrected chi connectivity index (χ2v) is 14.3. The number of rotatable bonds is 23. The third kappa shape index (κ3) is 15.1. The van der Waals surface area contributed by atoms with Crippen LogP contribution in [0.4, 0.5) is 5.82 Å². The number of carbonyl (C=O) groups excluding carboxylic acids is 1. The van der Waals surface area contributed by atoms with E-state index in [2.05, 4.69) is 27.1 Å². The van der Waals surface area contributed by atoms with E-state index in [4.69, 9.17) is 4.18 Å². The first-order valence-corrected chi connectivity index (χ1v) is 18.9. The maximum Gasteiger partial charge on any atom is 0.296 e. The van der Waals surface area contributed by atoms with Crippen molar-refractivity contribution in [1.29, 1.82) is 0 Å². The van der Waals surface area contributed by atoms with Gasteiger partial charge in [-0.15, -0.1) is 0 Å². The quantitative estimate of drug-likeness (QED) is 0.0990. The number of benzene rings is 1. The minimum Gasteiger partial charge on any atom is -0.354 e. The molecule has 1 N–H and O–H groups in total. The van der Waals surface area contributed by atoms with Crippen molar-refractivity contribution < 1.29 is 17.4 Å². The molecule has 1 fully saturated rings. The summed E-state index contributed by atoms with van der Waals surface area (Å²) in [4.78, 5) is 21.8. The smallest absolute Gasteiger partial charge is 0.296 e. The number of amides is 1. The molecule has 0 radical (unpaired) electrons. The number of nitrogens with one attached hydrogen (secondary N) is 1. The summed E-state index contributed by atoms with van der Waals surface area (Å²) in [6.45, 7) is 6.97. The number of pyridine rings is 1. The number of unbranched alkanes of at least 4 members (excludes halogenated alkanes) is 15. The summed E-state index contributed by atoms with van der Waals surface area (Å²) in [7, 11) is -1.49. The molecule has 1 amide bonds. The van der Waals surface area contributed by atoms with E-state index >= 15 is 0 Å². The Morgan fingerprint density at radius 1 is 0.733 bits per heavy atom. The van der Waals surface area contributed by atoms with E-state index < -0.39 is 10.1 Å². The van der Waals surface area contributed by atoms with Crippen molar-refractivity contribution in [3.63, 3.8) is 0 Å². The van der Waals surface area contributed by atoms with E-state index in [0.717, 1.165) is 69.8 Å². The Morgan fingerprint density at radius 3 is 1.76 bits per heavy atom. The monoisotopic (exact) mass is 642 g/mol. The summed E-state index contributed by atoms with van der Waals surface area (Å²) in [5.74, 6) is 0.931. The fourth-order valence-corrected chi connectivity index (χ4v) is 6.63. The zero-order valence-electron chi connectivity index (χ0n) is 28.0. The molecule has 9 heteroatoms. The van der Waals surface area contributed by atoms with E-state index in [1.807, 2.05) is 19.1 Å². The van der Waals surface area contributed by atoms with E-state index in [1.165, 1.54) is 77.0 Å². The standard InChI is InChI=1S/C36H58N4O4S/c1-32-19-22-34(23-20-32)45(42,43)44-30-18-16-14-12-10-8-6-4-3-5-7-9-11-13-15-17-25-37-36(41)33-21-24-35(38-31-33)40-28-26-39(2)27-29-40/h19-24,31H,3-18,25-30H2,1-2H3,(H,37,41). The zero-order chi connectivity index (χ0) is 32.2. The van der Waals surface area contributed by atoms with Crippen molar-refractivity contribution >= 4 is 21.8 Å². The van der Waals surface area contributed by atoms with Crippen molar-refractivity contribution in [2.45, 2.75) is 115 Å². The molecule has 0 unspecified atom stereocenters. The van der Waals surface area contributed by atoms with Gasteiger partial charge in [-0.2, -0.15) is 8.42 Å². The van der Waals surface area contributed by atoms with Crippen LogP contribution in [0, 0.1) is 6.92 Å². The third-order valence-electron chi connectivity index (χ3n) is 8.74. The first kappa shape index (κ1) is 37.0. The Balaban J connectivity index is 1.04. The molecule has 1 aliphatic heterocycles. The van der Waals surface area contributed by atoms with Crippen LogP contribution in [0.1, 0.15) is 119 Å². The minimum atomic E-state index is -3.63. The molecule has 0 saturated carbocycles. The van der Waals surface area contributed by atoms with Crippen LogP contribution < -0.4 is 10.2 Å². The topological polar surface area (TPSA) is 91.8 Å². The van der Waals surface area contributed by atoms with Crippen LogP contribution in [0.5, 0.6) is 0 Å². The summed E-state index contributed by atoms with van der Waals surface area (Å²) in [5.41, 5.74) is 1.67. The normalized spacial score (nSPS) is 14.1. The SMILES string of the molecule is Cc1ccc(S(=O)(=O)OCCCCCCCCCCCCCCCCCCNC(=O)c2ccc(N3CCN(C)CC3)nc2)cc1. The summed E-state index contributed by atoms with van der Waals surface area (Å²) in [6, 6.07) is 10.6. The Morgan fingerprint density at radius 2 is 1.24 bits per heavy atom. The number of likely N-dealkylation sites (N-methyl/N-ethyl adjacent to an activating group) is 1. The van der Waals surface area contributed by atoms with Gasteiger partial charge in [0, 0.05) is 38.9 Å². The molecule has 0 bridgehead atoms. The third-order valence-corrected chi connectivity index (χ3v) is 10.1. The number of aryl methyl sites for hydroxylation is 1. The maximum absolute atomic E-state index is 12.4. The average molecular weight is 643 g/mol. The van der Waals surface area contributed by atoms with Gasteiger partial charge >= 0.3 is 0 Å². The molecule has 1 aromatic heterocycles. The summed E-state index contributed by atoms with van der Waals surface area (Å²) >= 11 is 0. The van der Waals surface area contributed by atoms with Crippen molar-refractivity contribution in [3.05, 3.63) is 53.7 Å². The van der Waals surface area contributed by atoms with Gasteiger partial charge in [0.2, 0.25) is 0 Å². The van der Waals surface area contributed by atoms with Crippen LogP contribution in [-0.4, -0.2) is 70.6 Å². The van der Waals surface area contributed by atoms with Crippen LogP contribution in [0.15, 0.2) is 47.5 Å². The Bertz CT molecular complexity index is 1180. The Hall–Kier alpha value is -2.49. The maximum atomic E-state index is 12.4. The fourth-order valence-electron chi connectivity index (χ4n) is 5.69. The number of aromatic nitrogens is 1. The van der Waals surface area contributed by atoms with E-state index in [0.29, 0.717) is 5.56 Å². The predicted octanol–water partition coefficient (Wildman–Crippen LogP) is 7.52. The number of anilines is 1. The van der Waals surface area contributed by atoms with Crippen molar-refractivity contribution in [3.8, 4) is 0 Å². The molecular weight excluding hydrogens is 584 g/mol. The van der Waals surface area contributed by atoms with Crippen LogP contribution in [0.2, 0.25) is 0 Å². The summed E-state index contributed by atoms with van der Waals surface area (Å²) in [5, 5.41) is 3.05. The molecule has 0 spiro atoms. The van der Waals surface area contributed by atoms with Gasteiger partial charge in [-0.1, -0.05) is 108 Å². The first-order chi connectivity index (χ1) is 21.8. The van der Waals surface area contributed by atoms with Crippen molar-refractivity contribution in [1.82, 2.24) is 15.2 Å². The van der Waals surface area contributed by atoms with Crippen molar-refractivity contribution in [2.75, 3.05) is 51.3 Å². The van der Waals surface area contributed by atoms with Gasteiger partial charge in [-0.3, -0.25) is 8.98 Å². The summed E-state index contributed by atoms with van der Waals surface area (Å²) < 4.78 is 29.6. The highest BCUT2D eigenvalue weighted by molar-refractivity contribution is 7.86. The molecule has 252 valence electrons. The van der Waals surface area contributed by atoms with Gasteiger partial charge in [-0.05, 0) is 51.1 Å². The zero-order valence-corrected chi connectivity index (χ0v) is 28.8. The lowest BCUT2D eigenvalue weighted by atomic mass is 10.0. The van der Waals surface area contributed by atoms with Gasteiger partial charge in [0.25, 0.3) is 16.0 Å². The fraction of sp³-hybridized carbons (Fsp3) is 0.667. The molecule has 1 saturated heterocycles. The van der Waals surface area contributed by atoms with E-state index in [9.17, 15) is 13.2 Å². The van der Waals surface area contributed by atoms with Crippen molar-refractivity contribution in [2.24, 2.45) is 0 Å². The summed E-state index contributed by atoms with van der Waals surface area (Å²) in [6.07, 6.45) is 21.1. The van der Waals surface area contributed by atoms with Gasteiger partial charge in [-0.25, -0.2) is 4.98 Å². The van der Waals surface area contributed by atoms with Gasteiger partial charge in [0.15, 0.2) is 0 Å². The molecule has 2 heterocycles. The second-order valence-electron chi connectivity index (χ2n) is 12.7. The lowest BCUT2D eigenvalue weighted by Crippen LogP contribution is -2.44. The molecule has 1 aromatic carbocycles.